The van der Waals surface area contributed by atoms with Gasteiger partial charge in [0.25, 0.3) is 0 Å². The molecule has 0 N–H and O–H groups in total. The molecule has 0 aliphatic carbocycles. The van der Waals surface area contributed by atoms with E-state index in [1.54, 1.807) is 0 Å². The summed E-state index contributed by atoms with van der Waals surface area (Å²) in [5, 5.41) is 4.63. The Labute approximate surface area is 120 Å². The van der Waals surface area contributed by atoms with E-state index < -0.39 is 0 Å². The molecule has 2 nitrogen and oxygen atoms in total. The molecule has 3 aromatic carbocycles. The highest BCUT2D eigenvalue weighted by Gasteiger charge is 2.16. The average molecular weight is 272 g/mol. The van der Waals surface area contributed by atoms with Crippen molar-refractivity contribution in [3.05, 3.63) is 60.2 Å². The summed E-state index contributed by atoms with van der Waals surface area (Å²) in [5.74, 6) is 0. The molecule has 2 heterocycles. The van der Waals surface area contributed by atoms with Crippen LogP contribution in [0.5, 0.6) is 0 Å². The number of rotatable bonds is 0. The van der Waals surface area contributed by atoms with Crippen LogP contribution in [0.2, 0.25) is 0 Å². The van der Waals surface area contributed by atoms with Crippen molar-refractivity contribution >= 4 is 43.9 Å². The lowest BCUT2D eigenvalue weighted by atomic mass is 10.0. The van der Waals surface area contributed by atoms with Gasteiger partial charge >= 0.3 is 0 Å². The Kier molecular flexibility index (Phi) is 1.92. The first-order chi connectivity index (χ1) is 10.3. The molecule has 0 aliphatic heterocycles. The summed E-state index contributed by atoms with van der Waals surface area (Å²) in [6.07, 6.45) is 0. The fourth-order valence-electron chi connectivity index (χ4n) is 3.30. The average Bonchev–Trinajstić information content (AvgIpc) is 3.04. The van der Waals surface area contributed by atoms with Crippen LogP contribution in [0.25, 0.3) is 43.9 Å². The number of fused-ring (bicyclic) bond motifs is 7. The Bertz CT molecular complexity index is 1140. The molecule has 100 valence electrons. The van der Waals surface area contributed by atoms with E-state index in [0.29, 0.717) is 0 Å². The van der Waals surface area contributed by atoms with Crippen LogP contribution in [-0.4, -0.2) is 0 Å². The van der Waals surface area contributed by atoms with Gasteiger partial charge in [-0.15, -0.1) is 0 Å². The Morgan fingerprint density at radius 1 is 0.571 bits per heavy atom. The highest BCUT2D eigenvalue weighted by molar-refractivity contribution is 6.26. The molecule has 5 aromatic rings. The van der Waals surface area contributed by atoms with Crippen LogP contribution >= 0.6 is 0 Å². The maximum Gasteiger partial charge on any atom is 0.136 e. The van der Waals surface area contributed by atoms with E-state index >= 15 is 0 Å². The van der Waals surface area contributed by atoms with Crippen molar-refractivity contribution in [2.45, 2.75) is 6.92 Å². The molecule has 0 unspecified atom stereocenters. The van der Waals surface area contributed by atoms with Crippen molar-refractivity contribution in [3.8, 4) is 0 Å². The molecule has 0 spiro atoms. The van der Waals surface area contributed by atoms with Crippen molar-refractivity contribution in [2.24, 2.45) is 0 Å². The minimum Gasteiger partial charge on any atom is -0.456 e. The lowest BCUT2D eigenvalue weighted by molar-refractivity contribution is 0.663. The molecule has 0 saturated carbocycles. The van der Waals surface area contributed by atoms with Crippen molar-refractivity contribution in [2.75, 3.05) is 0 Å². The summed E-state index contributed by atoms with van der Waals surface area (Å²) in [5.41, 5.74) is 4.91. The van der Waals surface area contributed by atoms with Gasteiger partial charge in [0.2, 0.25) is 0 Å². The van der Waals surface area contributed by atoms with E-state index in [2.05, 4.69) is 19.1 Å². The molecule has 0 aliphatic rings. The van der Waals surface area contributed by atoms with Gasteiger partial charge in [-0.05, 0) is 36.8 Å². The predicted octanol–water partition coefficient (Wildman–Crippen LogP) is 5.79. The number of aryl methyl sites for hydroxylation is 1. The van der Waals surface area contributed by atoms with Gasteiger partial charge in [0.1, 0.15) is 22.3 Å². The summed E-state index contributed by atoms with van der Waals surface area (Å²) >= 11 is 0. The van der Waals surface area contributed by atoms with Gasteiger partial charge in [0.15, 0.2) is 0 Å². The van der Waals surface area contributed by atoms with E-state index in [4.69, 9.17) is 8.83 Å². The molecule has 0 bridgehead atoms. The predicted molar refractivity (Wildman–Crippen MR) is 85.7 cm³/mol. The zero-order chi connectivity index (χ0) is 14.0. The molecule has 21 heavy (non-hydrogen) atoms. The fraction of sp³-hybridized carbons (Fsp3) is 0.0526. The molecular formula is C19H12O2. The number of para-hydroxylation sites is 1. The first kappa shape index (κ1) is 11.0. The first-order valence-electron chi connectivity index (χ1n) is 7.05. The number of hydrogen-bond donors (Lipinski definition) is 0. The van der Waals surface area contributed by atoms with E-state index in [9.17, 15) is 0 Å². The molecule has 0 fully saturated rings. The van der Waals surface area contributed by atoms with Gasteiger partial charge in [-0.25, -0.2) is 0 Å². The Hall–Kier alpha value is -2.74. The number of hydrogen-bond acceptors (Lipinski definition) is 2. The number of benzene rings is 3. The van der Waals surface area contributed by atoms with Crippen LogP contribution in [0.3, 0.4) is 0 Å². The summed E-state index contributed by atoms with van der Waals surface area (Å²) < 4.78 is 12.0. The zero-order valence-electron chi connectivity index (χ0n) is 11.5. The molecule has 2 heteroatoms. The first-order valence-corrected chi connectivity index (χ1v) is 7.05. The summed E-state index contributed by atoms with van der Waals surface area (Å²) in [6, 6.07) is 18.3. The lowest BCUT2D eigenvalue weighted by Gasteiger charge is -1.96. The Morgan fingerprint density at radius 3 is 2.14 bits per heavy atom. The van der Waals surface area contributed by atoms with Crippen LogP contribution < -0.4 is 0 Å². The van der Waals surface area contributed by atoms with Gasteiger partial charge in [-0.1, -0.05) is 30.3 Å². The third kappa shape index (κ3) is 1.32. The van der Waals surface area contributed by atoms with Gasteiger partial charge in [-0.3, -0.25) is 0 Å². The second kappa shape index (κ2) is 3.67. The fourth-order valence-corrected chi connectivity index (χ4v) is 3.30. The van der Waals surface area contributed by atoms with Gasteiger partial charge in [-0.2, -0.15) is 0 Å². The lowest BCUT2D eigenvalue weighted by Crippen LogP contribution is -1.75. The molecule has 0 radical (unpaired) electrons. The molecule has 0 saturated heterocycles. The van der Waals surface area contributed by atoms with Crippen LogP contribution in [0.15, 0.2) is 63.4 Å². The molecule has 2 aromatic heterocycles. The third-order valence-corrected chi connectivity index (χ3v) is 4.21. The smallest absolute Gasteiger partial charge is 0.136 e. The van der Waals surface area contributed by atoms with Crippen LogP contribution in [-0.2, 0) is 0 Å². The Balaban J connectivity index is 2.19. The van der Waals surface area contributed by atoms with Crippen molar-refractivity contribution in [1.82, 2.24) is 0 Å². The standard InChI is InChI=1S/C19H12O2/c1-11-5-4-8-14-17(11)19-16(21-14)10-9-15-18(19)12-6-2-3-7-13(12)20-15/h2-10H,1H3. The van der Waals surface area contributed by atoms with E-state index in [1.807, 2.05) is 42.5 Å². The number of furan rings is 2. The van der Waals surface area contributed by atoms with Gasteiger partial charge in [0, 0.05) is 21.5 Å². The minimum absolute atomic E-state index is 0.912. The van der Waals surface area contributed by atoms with Gasteiger partial charge in [0.05, 0.1) is 0 Å². The monoisotopic (exact) mass is 272 g/mol. The van der Waals surface area contributed by atoms with Crippen molar-refractivity contribution in [3.63, 3.8) is 0 Å². The van der Waals surface area contributed by atoms with Crippen LogP contribution in [0.1, 0.15) is 5.56 Å². The highest BCUT2D eigenvalue weighted by Crippen LogP contribution is 2.40. The largest absolute Gasteiger partial charge is 0.456 e. The summed E-state index contributed by atoms with van der Waals surface area (Å²) in [7, 11) is 0. The molecular weight excluding hydrogens is 260 g/mol. The van der Waals surface area contributed by atoms with E-state index in [1.165, 1.54) is 10.9 Å². The normalized spacial score (nSPS) is 12.0. The van der Waals surface area contributed by atoms with Crippen LogP contribution in [0.4, 0.5) is 0 Å². The Morgan fingerprint density at radius 2 is 1.24 bits per heavy atom. The highest BCUT2D eigenvalue weighted by atomic mass is 16.3. The van der Waals surface area contributed by atoms with E-state index in [0.717, 1.165) is 38.5 Å². The topological polar surface area (TPSA) is 26.3 Å². The summed E-state index contributed by atoms with van der Waals surface area (Å²) in [6.45, 7) is 2.12. The second-order valence-electron chi connectivity index (χ2n) is 5.46. The van der Waals surface area contributed by atoms with Crippen molar-refractivity contribution < 1.29 is 8.83 Å². The zero-order valence-corrected chi connectivity index (χ0v) is 11.5. The molecule has 0 amide bonds. The molecule has 5 rings (SSSR count). The van der Waals surface area contributed by atoms with Crippen LogP contribution in [0, 0.1) is 6.92 Å². The quantitative estimate of drug-likeness (QED) is 0.356. The molecule has 0 atom stereocenters. The van der Waals surface area contributed by atoms with Crippen molar-refractivity contribution in [1.29, 1.82) is 0 Å². The van der Waals surface area contributed by atoms with Gasteiger partial charge < -0.3 is 8.83 Å². The second-order valence-corrected chi connectivity index (χ2v) is 5.46. The minimum atomic E-state index is 0.912. The van der Waals surface area contributed by atoms with E-state index in [-0.39, 0.29) is 0 Å². The summed E-state index contributed by atoms with van der Waals surface area (Å²) in [4.78, 5) is 0. The maximum absolute atomic E-state index is 6.02. The maximum atomic E-state index is 6.02. The third-order valence-electron chi connectivity index (χ3n) is 4.21. The SMILES string of the molecule is Cc1cccc2oc3ccc4oc5ccccc5c4c3c12.